The van der Waals surface area contributed by atoms with Gasteiger partial charge in [-0.05, 0) is 30.5 Å². The van der Waals surface area contributed by atoms with Crippen LogP contribution in [0.25, 0.3) is 0 Å². The van der Waals surface area contributed by atoms with Crippen molar-refractivity contribution in [3.63, 3.8) is 0 Å². The zero-order valence-electron chi connectivity index (χ0n) is 14.6. The normalized spacial score (nSPS) is 21.5. The van der Waals surface area contributed by atoms with Gasteiger partial charge in [-0.3, -0.25) is 9.59 Å². The van der Waals surface area contributed by atoms with Gasteiger partial charge in [-0.2, -0.15) is 0 Å². The van der Waals surface area contributed by atoms with E-state index in [2.05, 4.69) is 16.0 Å². The highest BCUT2D eigenvalue weighted by molar-refractivity contribution is 5.92. The van der Waals surface area contributed by atoms with E-state index < -0.39 is 0 Å². The lowest BCUT2D eigenvalue weighted by atomic mass is 9.88. The standard InChI is InChI=1S/C19H27N3O3/c23-18(15-6-2-1-3-7-15)22-16-8-4-5-14(11-16)12-21-19(24)17-13-25-10-9-20-17/h4-5,8,11,15,17,20H,1-3,6-7,9-10,12-13H2,(H,21,24)(H,22,23). The molecule has 0 radical (unpaired) electrons. The molecule has 1 atom stereocenters. The molecule has 6 nitrogen and oxygen atoms in total. The maximum atomic E-state index is 12.3. The van der Waals surface area contributed by atoms with Gasteiger partial charge in [0.1, 0.15) is 6.04 Å². The monoisotopic (exact) mass is 345 g/mol. The number of ether oxygens (including phenoxy) is 1. The summed E-state index contributed by atoms with van der Waals surface area (Å²) >= 11 is 0. The molecule has 136 valence electrons. The van der Waals surface area contributed by atoms with Crippen molar-refractivity contribution in [2.75, 3.05) is 25.1 Å². The van der Waals surface area contributed by atoms with Gasteiger partial charge in [0.25, 0.3) is 0 Å². The molecule has 0 spiro atoms. The molecule has 1 aliphatic carbocycles. The maximum Gasteiger partial charge on any atom is 0.239 e. The number of rotatable bonds is 5. The van der Waals surface area contributed by atoms with Crippen LogP contribution in [-0.2, 0) is 20.9 Å². The van der Waals surface area contributed by atoms with Gasteiger partial charge in [0.05, 0.1) is 13.2 Å². The first kappa shape index (κ1) is 17.9. The number of nitrogens with one attached hydrogen (secondary N) is 3. The third kappa shape index (κ3) is 5.28. The van der Waals surface area contributed by atoms with Gasteiger partial charge in [-0.25, -0.2) is 0 Å². The van der Waals surface area contributed by atoms with E-state index in [1.54, 1.807) is 0 Å². The minimum absolute atomic E-state index is 0.0589. The first-order valence-corrected chi connectivity index (χ1v) is 9.21. The van der Waals surface area contributed by atoms with Gasteiger partial charge in [-0.15, -0.1) is 0 Å². The van der Waals surface area contributed by atoms with Crippen molar-refractivity contribution in [2.45, 2.75) is 44.7 Å². The topological polar surface area (TPSA) is 79.5 Å². The highest BCUT2D eigenvalue weighted by atomic mass is 16.5. The number of benzene rings is 1. The molecule has 1 aromatic carbocycles. The lowest BCUT2D eigenvalue weighted by molar-refractivity contribution is -0.126. The van der Waals surface area contributed by atoms with E-state index in [-0.39, 0.29) is 23.8 Å². The fourth-order valence-electron chi connectivity index (χ4n) is 3.41. The summed E-state index contributed by atoms with van der Waals surface area (Å²) in [4.78, 5) is 24.5. The molecule has 0 bridgehead atoms. The summed E-state index contributed by atoms with van der Waals surface area (Å²) in [6.45, 7) is 2.18. The van der Waals surface area contributed by atoms with Crippen molar-refractivity contribution in [2.24, 2.45) is 5.92 Å². The number of carbonyl (C=O) groups excluding carboxylic acids is 2. The van der Waals surface area contributed by atoms with Crippen LogP contribution < -0.4 is 16.0 Å². The highest BCUT2D eigenvalue weighted by Gasteiger charge is 2.22. The van der Waals surface area contributed by atoms with Crippen molar-refractivity contribution < 1.29 is 14.3 Å². The van der Waals surface area contributed by atoms with Crippen molar-refractivity contribution in [1.29, 1.82) is 0 Å². The Kier molecular flexibility index (Phi) is 6.42. The second kappa shape index (κ2) is 8.97. The van der Waals surface area contributed by atoms with Crippen LogP contribution in [0.4, 0.5) is 5.69 Å². The first-order valence-electron chi connectivity index (χ1n) is 9.21. The maximum absolute atomic E-state index is 12.3. The third-order valence-electron chi connectivity index (χ3n) is 4.88. The molecule has 1 aromatic rings. The SMILES string of the molecule is O=C(Nc1cccc(CNC(=O)C2COCCN2)c1)C1CCCCC1. The molecule has 1 saturated heterocycles. The van der Waals surface area contributed by atoms with E-state index in [1.165, 1.54) is 6.42 Å². The van der Waals surface area contributed by atoms with Crippen LogP contribution in [0, 0.1) is 5.92 Å². The van der Waals surface area contributed by atoms with E-state index in [9.17, 15) is 9.59 Å². The lowest BCUT2D eigenvalue weighted by Gasteiger charge is -2.23. The molecule has 2 aliphatic rings. The molecule has 0 aromatic heterocycles. The fraction of sp³-hybridized carbons (Fsp3) is 0.579. The minimum Gasteiger partial charge on any atom is -0.378 e. The van der Waals surface area contributed by atoms with Crippen LogP contribution in [0.1, 0.15) is 37.7 Å². The first-order chi connectivity index (χ1) is 12.2. The molecule has 6 heteroatoms. The third-order valence-corrected chi connectivity index (χ3v) is 4.88. The molecule has 3 N–H and O–H groups in total. The molecular weight excluding hydrogens is 318 g/mol. The smallest absolute Gasteiger partial charge is 0.239 e. The summed E-state index contributed by atoms with van der Waals surface area (Å²) < 4.78 is 5.30. The second-order valence-electron chi connectivity index (χ2n) is 6.82. The number of amides is 2. The summed E-state index contributed by atoms with van der Waals surface area (Å²) in [7, 11) is 0. The van der Waals surface area contributed by atoms with Crippen LogP contribution >= 0.6 is 0 Å². The zero-order chi connectivity index (χ0) is 17.5. The van der Waals surface area contributed by atoms with Crippen molar-refractivity contribution >= 4 is 17.5 Å². The van der Waals surface area contributed by atoms with Gasteiger partial charge >= 0.3 is 0 Å². The van der Waals surface area contributed by atoms with E-state index in [0.29, 0.717) is 26.3 Å². The Morgan fingerprint density at radius 1 is 1.16 bits per heavy atom. The molecule has 1 saturated carbocycles. The minimum atomic E-state index is -0.289. The van der Waals surface area contributed by atoms with Gasteiger partial charge in [0.15, 0.2) is 0 Å². The largest absolute Gasteiger partial charge is 0.378 e. The molecule has 2 fully saturated rings. The Hall–Kier alpha value is -1.92. The van der Waals surface area contributed by atoms with E-state index in [1.807, 2.05) is 24.3 Å². The van der Waals surface area contributed by atoms with Crippen LogP contribution in [0.15, 0.2) is 24.3 Å². The summed E-state index contributed by atoms with van der Waals surface area (Å²) in [5.41, 5.74) is 1.76. The number of anilines is 1. The van der Waals surface area contributed by atoms with E-state index >= 15 is 0 Å². The molecule has 25 heavy (non-hydrogen) atoms. The Morgan fingerprint density at radius 3 is 2.76 bits per heavy atom. The average Bonchev–Trinajstić information content (AvgIpc) is 2.68. The average molecular weight is 345 g/mol. The second-order valence-corrected chi connectivity index (χ2v) is 6.82. The molecular formula is C19H27N3O3. The Morgan fingerprint density at radius 2 is 2.00 bits per heavy atom. The highest BCUT2D eigenvalue weighted by Crippen LogP contribution is 2.25. The number of hydrogen-bond donors (Lipinski definition) is 3. The van der Waals surface area contributed by atoms with Gasteiger partial charge in [0, 0.05) is 24.7 Å². The molecule has 1 unspecified atom stereocenters. The Balaban J connectivity index is 1.50. The zero-order valence-corrected chi connectivity index (χ0v) is 14.6. The predicted molar refractivity (Wildman–Crippen MR) is 96.1 cm³/mol. The number of carbonyl (C=O) groups is 2. The summed E-state index contributed by atoms with van der Waals surface area (Å²) in [5, 5.41) is 9.07. The van der Waals surface area contributed by atoms with E-state index in [0.717, 1.165) is 36.9 Å². The van der Waals surface area contributed by atoms with Crippen LogP contribution in [0.3, 0.4) is 0 Å². The molecule has 1 heterocycles. The fourth-order valence-corrected chi connectivity index (χ4v) is 3.41. The molecule has 2 amide bonds. The van der Waals surface area contributed by atoms with Crippen LogP contribution in [0.5, 0.6) is 0 Å². The Bertz CT molecular complexity index is 593. The quantitative estimate of drug-likeness (QED) is 0.760. The summed E-state index contributed by atoms with van der Waals surface area (Å²) in [6, 6.07) is 7.37. The van der Waals surface area contributed by atoms with Crippen molar-refractivity contribution in [1.82, 2.24) is 10.6 Å². The van der Waals surface area contributed by atoms with Crippen molar-refractivity contribution in [3.8, 4) is 0 Å². The lowest BCUT2D eigenvalue weighted by Crippen LogP contribution is -2.51. The molecule has 3 rings (SSSR count). The predicted octanol–water partition coefficient (Wildman–Crippen LogP) is 1.81. The van der Waals surface area contributed by atoms with Gasteiger partial charge in [0.2, 0.25) is 11.8 Å². The molecule has 1 aliphatic heterocycles. The van der Waals surface area contributed by atoms with Crippen molar-refractivity contribution in [3.05, 3.63) is 29.8 Å². The van der Waals surface area contributed by atoms with Gasteiger partial charge in [-0.1, -0.05) is 31.4 Å². The van der Waals surface area contributed by atoms with Crippen LogP contribution in [0.2, 0.25) is 0 Å². The van der Waals surface area contributed by atoms with E-state index in [4.69, 9.17) is 4.74 Å². The number of morpholine rings is 1. The summed E-state index contributed by atoms with van der Waals surface area (Å²) in [5.74, 6) is 0.190. The number of hydrogen-bond acceptors (Lipinski definition) is 4. The van der Waals surface area contributed by atoms with Crippen LogP contribution in [-0.4, -0.2) is 37.6 Å². The van der Waals surface area contributed by atoms with Gasteiger partial charge < -0.3 is 20.7 Å². The Labute approximate surface area is 148 Å². The summed E-state index contributed by atoms with van der Waals surface area (Å²) in [6.07, 6.45) is 5.49.